The van der Waals surface area contributed by atoms with Crippen LogP contribution in [0.3, 0.4) is 0 Å². The molecule has 4 nitrogen and oxygen atoms in total. The van der Waals surface area contributed by atoms with Gasteiger partial charge in [-0.25, -0.2) is 13.9 Å². The molecule has 0 N–H and O–H groups in total. The number of nitrogens with zero attached hydrogens (tertiary/aromatic N) is 4. The van der Waals surface area contributed by atoms with Crippen LogP contribution in [0.2, 0.25) is 5.02 Å². The molecule has 0 saturated heterocycles. The number of halogens is 2. The number of fused-ring (bicyclic) bond motifs is 1. The van der Waals surface area contributed by atoms with E-state index in [1.807, 2.05) is 6.92 Å². The second-order valence-corrected chi connectivity index (χ2v) is 6.77. The third-order valence-electron chi connectivity index (χ3n) is 4.85. The highest BCUT2D eigenvalue weighted by molar-refractivity contribution is 6.33. The van der Waals surface area contributed by atoms with E-state index in [2.05, 4.69) is 15.1 Å². The van der Waals surface area contributed by atoms with E-state index in [0.717, 1.165) is 29.8 Å². The normalized spacial score (nSPS) is 16.0. The molecule has 0 atom stereocenters. The summed E-state index contributed by atoms with van der Waals surface area (Å²) in [5.74, 6) is 0.545. The summed E-state index contributed by atoms with van der Waals surface area (Å²) in [4.78, 5) is 8.74. The lowest BCUT2D eigenvalue weighted by molar-refractivity contribution is 0.431. The fourth-order valence-electron chi connectivity index (χ4n) is 3.78. The first-order valence-corrected chi connectivity index (χ1v) is 8.69. The molecule has 0 radical (unpaired) electrons. The Morgan fingerprint density at radius 1 is 1.17 bits per heavy atom. The quantitative estimate of drug-likeness (QED) is 0.661. The molecule has 0 amide bonds. The van der Waals surface area contributed by atoms with Crippen molar-refractivity contribution in [2.24, 2.45) is 0 Å². The van der Waals surface area contributed by atoms with Gasteiger partial charge < -0.3 is 0 Å². The minimum atomic E-state index is -0.330. The van der Waals surface area contributed by atoms with Crippen LogP contribution in [-0.2, 0) is 0 Å². The molecule has 0 spiro atoms. The van der Waals surface area contributed by atoms with Gasteiger partial charge in [-0.15, -0.1) is 0 Å². The third kappa shape index (κ3) is 2.47. The number of rotatable bonds is 2. The predicted octanol–water partition coefficient (Wildman–Crippen LogP) is 4.94. The summed E-state index contributed by atoms with van der Waals surface area (Å²) in [7, 11) is 0. The highest BCUT2D eigenvalue weighted by Gasteiger charge is 2.27. The molecular formula is C18H18ClFN4. The van der Waals surface area contributed by atoms with Crippen molar-refractivity contribution in [2.75, 3.05) is 0 Å². The molecule has 1 aliphatic rings. The van der Waals surface area contributed by atoms with Crippen molar-refractivity contribution in [3.8, 4) is 11.1 Å². The first kappa shape index (κ1) is 15.5. The Kier molecular flexibility index (Phi) is 3.96. The van der Waals surface area contributed by atoms with Crippen molar-refractivity contribution in [1.29, 1.82) is 0 Å². The molecule has 1 aliphatic carbocycles. The fraction of sp³-hybridized carbons (Fsp3) is 0.389. The Labute approximate surface area is 144 Å². The lowest BCUT2D eigenvalue weighted by atomic mass is 9.83. The van der Waals surface area contributed by atoms with Crippen LogP contribution in [0, 0.1) is 12.7 Å². The van der Waals surface area contributed by atoms with E-state index in [4.69, 9.17) is 11.6 Å². The van der Waals surface area contributed by atoms with Crippen LogP contribution >= 0.6 is 11.6 Å². The molecule has 1 saturated carbocycles. The zero-order valence-corrected chi connectivity index (χ0v) is 14.2. The molecule has 24 heavy (non-hydrogen) atoms. The number of aryl methyl sites for hydroxylation is 1. The average Bonchev–Trinajstić information content (AvgIpc) is 3.03. The van der Waals surface area contributed by atoms with Crippen molar-refractivity contribution in [1.82, 2.24) is 19.6 Å². The van der Waals surface area contributed by atoms with Crippen LogP contribution in [0.15, 0.2) is 24.5 Å². The van der Waals surface area contributed by atoms with Crippen molar-refractivity contribution in [3.05, 3.63) is 46.8 Å². The van der Waals surface area contributed by atoms with E-state index < -0.39 is 0 Å². The first-order chi connectivity index (χ1) is 11.7. The number of aromatic nitrogens is 4. The largest absolute Gasteiger partial charge is 0.252 e. The van der Waals surface area contributed by atoms with Gasteiger partial charge in [-0.1, -0.05) is 36.9 Å². The van der Waals surface area contributed by atoms with Gasteiger partial charge in [-0.2, -0.15) is 10.1 Å². The Hall–Kier alpha value is -2.01. The standard InChI is InChI=1S/C18H18ClFN4/c1-11-15(16-13(19)8-5-9-14(16)20)17(12-6-3-2-4-7-12)24-18(23-11)21-10-22-24/h5,8-10,12H,2-4,6-7H2,1H3. The van der Waals surface area contributed by atoms with Crippen LogP contribution in [0.1, 0.15) is 49.4 Å². The summed E-state index contributed by atoms with van der Waals surface area (Å²) in [6, 6.07) is 4.78. The van der Waals surface area contributed by atoms with Crippen LogP contribution in [0.5, 0.6) is 0 Å². The Bertz CT molecular complexity index is 879. The predicted molar refractivity (Wildman–Crippen MR) is 91.7 cm³/mol. The minimum absolute atomic E-state index is 0.315. The van der Waals surface area contributed by atoms with Gasteiger partial charge in [0.25, 0.3) is 5.78 Å². The van der Waals surface area contributed by atoms with E-state index in [9.17, 15) is 4.39 Å². The molecule has 1 aromatic carbocycles. The van der Waals surface area contributed by atoms with E-state index in [0.29, 0.717) is 22.3 Å². The van der Waals surface area contributed by atoms with E-state index in [-0.39, 0.29) is 5.82 Å². The molecule has 0 aliphatic heterocycles. The topological polar surface area (TPSA) is 43.1 Å². The van der Waals surface area contributed by atoms with Gasteiger partial charge in [-0.05, 0) is 31.9 Å². The molecule has 1 fully saturated rings. The van der Waals surface area contributed by atoms with Gasteiger partial charge in [0.15, 0.2) is 0 Å². The third-order valence-corrected chi connectivity index (χ3v) is 5.16. The molecular weight excluding hydrogens is 327 g/mol. The van der Waals surface area contributed by atoms with Crippen molar-refractivity contribution in [3.63, 3.8) is 0 Å². The number of hydrogen-bond acceptors (Lipinski definition) is 3. The molecule has 124 valence electrons. The minimum Gasteiger partial charge on any atom is -0.216 e. The fourth-order valence-corrected chi connectivity index (χ4v) is 4.03. The lowest BCUT2D eigenvalue weighted by Gasteiger charge is -2.26. The number of benzene rings is 1. The SMILES string of the molecule is Cc1nc2ncnn2c(C2CCCCC2)c1-c1c(F)cccc1Cl. The molecule has 6 heteroatoms. The average molecular weight is 345 g/mol. The van der Waals surface area contributed by atoms with E-state index in [1.165, 1.54) is 31.7 Å². The maximum Gasteiger partial charge on any atom is 0.252 e. The zero-order chi connectivity index (χ0) is 16.7. The van der Waals surface area contributed by atoms with Gasteiger partial charge in [0.2, 0.25) is 0 Å². The summed E-state index contributed by atoms with van der Waals surface area (Å²) in [5.41, 5.74) is 2.91. The van der Waals surface area contributed by atoms with Crippen LogP contribution in [0.4, 0.5) is 4.39 Å². The Morgan fingerprint density at radius 2 is 1.96 bits per heavy atom. The summed E-state index contributed by atoms with van der Waals surface area (Å²) in [5, 5.41) is 4.76. The Balaban J connectivity index is 2.05. The highest BCUT2D eigenvalue weighted by Crippen LogP contribution is 2.42. The van der Waals surface area contributed by atoms with Crippen molar-refractivity contribution >= 4 is 17.4 Å². The summed E-state index contributed by atoms with van der Waals surface area (Å²) in [6.07, 6.45) is 7.23. The van der Waals surface area contributed by atoms with Gasteiger partial charge in [0.05, 0.1) is 16.4 Å². The van der Waals surface area contributed by atoms with Crippen LogP contribution < -0.4 is 0 Å². The van der Waals surface area contributed by atoms with Gasteiger partial charge in [-0.3, -0.25) is 0 Å². The molecule has 2 aromatic heterocycles. The second-order valence-electron chi connectivity index (χ2n) is 6.36. The maximum atomic E-state index is 14.6. The van der Waals surface area contributed by atoms with Crippen LogP contribution in [-0.4, -0.2) is 19.6 Å². The monoisotopic (exact) mass is 344 g/mol. The molecule has 0 bridgehead atoms. The van der Waals surface area contributed by atoms with E-state index in [1.54, 1.807) is 16.6 Å². The summed E-state index contributed by atoms with van der Waals surface area (Å²) < 4.78 is 16.4. The zero-order valence-electron chi connectivity index (χ0n) is 13.5. The van der Waals surface area contributed by atoms with Crippen LogP contribution in [0.25, 0.3) is 16.9 Å². The molecule has 0 unspecified atom stereocenters. The maximum absolute atomic E-state index is 14.6. The first-order valence-electron chi connectivity index (χ1n) is 8.31. The molecule has 2 heterocycles. The summed E-state index contributed by atoms with van der Waals surface area (Å²) >= 11 is 6.36. The molecule has 3 aromatic rings. The van der Waals surface area contributed by atoms with E-state index >= 15 is 0 Å². The highest BCUT2D eigenvalue weighted by atomic mass is 35.5. The number of hydrogen-bond donors (Lipinski definition) is 0. The van der Waals surface area contributed by atoms with Crippen molar-refractivity contribution < 1.29 is 4.39 Å². The smallest absolute Gasteiger partial charge is 0.216 e. The second kappa shape index (κ2) is 6.13. The van der Waals surface area contributed by atoms with Crippen molar-refractivity contribution in [2.45, 2.75) is 44.9 Å². The summed E-state index contributed by atoms with van der Waals surface area (Å²) in [6.45, 7) is 1.89. The van der Waals surface area contributed by atoms with Gasteiger partial charge in [0.1, 0.15) is 12.1 Å². The lowest BCUT2D eigenvalue weighted by Crippen LogP contribution is -2.14. The van der Waals surface area contributed by atoms with Gasteiger partial charge >= 0.3 is 0 Å². The Morgan fingerprint density at radius 3 is 2.71 bits per heavy atom. The molecule has 4 rings (SSSR count). The van der Waals surface area contributed by atoms with Gasteiger partial charge in [0, 0.05) is 17.0 Å².